The van der Waals surface area contributed by atoms with Gasteiger partial charge in [0.05, 0.1) is 0 Å². The van der Waals surface area contributed by atoms with Gasteiger partial charge >= 0.3 is 0 Å². The van der Waals surface area contributed by atoms with Gasteiger partial charge in [0.1, 0.15) is 5.82 Å². The maximum atomic E-state index is 13.6. The monoisotopic (exact) mass is 227 g/mol. The Morgan fingerprint density at radius 3 is 2.87 bits per heavy atom. The minimum atomic E-state index is -0.177. The molecule has 1 aromatic carbocycles. The highest BCUT2D eigenvalue weighted by molar-refractivity contribution is 6.30. The zero-order valence-electron chi connectivity index (χ0n) is 8.76. The maximum Gasteiger partial charge on any atom is 0.128 e. The van der Waals surface area contributed by atoms with Gasteiger partial charge in [-0.15, -0.1) is 0 Å². The Hall–Kier alpha value is -0.600. The first-order valence-electron chi connectivity index (χ1n) is 5.32. The van der Waals surface area contributed by atoms with E-state index in [0.29, 0.717) is 10.9 Å². The topological polar surface area (TPSA) is 12.0 Å². The molecule has 1 aliphatic heterocycles. The van der Waals surface area contributed by atoms with Crippen molar-refractivity contribution in [2.45, 2.75) is 19.3 Å². The highest BCUT2D eigenvalue weighted by Gasteiger charge is 2.22. The molecular formula is C12H15ClFN. The largest absolute Gasteiger partial charge is 0.316 e. The molecule has 1 fully saturated rings. The second kappa shape index (κ2) is 4.50. The van der Waals surface area contributed by atoms with Gasteiger partial charge in [0.15, 0.2) is 0 Å². The average molecular weight is 228 g/mol. The number of halogens is 2. The molecule has 82 valence electrons. The fourth-order valence-electron chi connectivity index (χ4n) is 2.23. The summed E-state index contributed by atoms with van der Waals surface area (Å²) >= 11 is 5.73. The van der Waals surface area contributed by atoms with Gasteiger partial charge in [-0.3, -0.25) is 0 Å². The van der Waals surface area contributed by atoms with Crippen LogP contribution in [0, 0.1) is 11.7 Å². The molecule has 1 N–H and O–H groups in total. The van der Waals surface area contributed by atoms with Crippen molar-refractivity contribution >= 4 is 11.6 Å². The number of rotatable bonds is 1. The van der Waals surface area contributed by atoms with Gasteiger partial charge in [-0.25, -0.2) is 4.39 Å². The van der Waals surface area contributed by atoms with Gasteiger partial charge in [0.2, 0.25) is 0 Å². The van der Waals surface area contributed by atoms with Crippen LogP contribution in [0.1, 0.15) is 24.8 Å². The van der Waals surface area contributed by atoms with Gasteiger partial charge in [0, 0.05) is 11.6 Å². The lowest BCUT2D eigenvalue weighted by molar-refractivity contribution is 0.357. The fourth-order valence-corrected chi connectivity index (χ4v) is 2.38. The lowest BCUT2D eigenvalue weighted by atomic mass is 9.86. The standard InChI is InChI=1S/C12H15ClFN/c1-8-4-9(7-15-6-8)11-3-2-10(13)5-12(11)14/h2-3,5,8-9,15H,4,6-7H2,1H3/t8-,9+/m1/s1. The van der Waals surface area contributed by atoms with Gasteiger partial charge in [-0.2, -0.15) is 0 Å². The summed E-state index contributed by atoms with van der Waals surface area (Å²) in [5.74, 6) is 0.716. The van der Waals surface area contributed by atoms with Crippen molar-refractivity contribution in [3.8, 4) is 0 Å². The van der Waals surface area contributed by atoms with E-state index in [1.54, 1.807) is 6.07 Å². The van der Waals surface area contributed by atoms with Gasteiger partial charge in [-0.1, -0.05) is 24.6 Å². The number of nitrogens with one attached hydrogen (secondary N) is 1. The third-order valence-electron chi connectivity index (χ3n) is 2.97. The van der Waals surface area contributed by atoms with Crippen molar-refractivity contribution in [2.75, 3.05) is 13.1 Å². The van der Waals surface area contributed by atoms with E-state index in [1.807, 2.05) is 6.07 Å². The van der Waals surface area contributed by atoms with Crippen molar-refractivity contribution in [3.63, 3.8) is 0 Å². The quantitative estimate of drug-likeness (QED) is 0.777. The minimum absolute atomic E-state index is 0.177. The molecule has 1 nitrogen and oxygen atoms in total. The Morgan fingerprint density at radius 2 is 2.20 bits per heavy atom. The number of benzene rings is 1. The zero-order chi connectivity index (χ0) is 10.8. The highest BCUT2D eigenvalue weighted by Crippen LogP contribution is 2.29. The third kappa shape index (κ3) is 2.50. The molecule has 15 heavy (non-hydrogen) atoms. The molecule has 0 saturated carbocycles. The first kappa shape index (κ1) is 10.9. The molecule has 0 unspecified atom stereocenters. The van der Waals surface area contributed by atoms with E-state index in [-0.39, 0.29) is 11.7 Å². The van der Waals surface area contributed by atoms with E-state index in [9.17, 15) is 4.39 Å². The molecule has 2 rings (SSSR count). The van der Waals surface area contributed by atoms with E-state index >= 15 is 0 Å². The molecule has 1 aromatic rings. The summed E-state index contributed by atoms with van der Waals surface area (Å²) in [6.45, 7) is 4.08. The molecule has 0 amide bonds. The van der Waals surface area contributed by atoms with Crippen LogP contribution in [0.25, 0.3) is 0 Å². The molecule has 0 radical (unpaired) electrons. The van der Waals surface area contributed by atoms with Crippen LogP contribution in [0.15, 0.2) is 18.2 Å². The molecule has 1 heterocycles. The predicted molar refractivity (Wildman–Crippen MR) is 60.8 cm³/mol. The van der Waals surface area contributed by atoms with Crippen molar-refractivity contribution in [3.05, 3.63) is 34.6 Å². The van der Waals surface area contributed by atoms with Crippen LogP contribution in [0.3, 0.4) is 0 Å². The van der Waals surface area contributed by atoms with Gasteiger partial charge < -0.3 is 5.32 Å². The maximum absolute atomic E-state index is 13.6. The van der Waals surface area contributed by atoms with Crippen molar-refractivity contribution in [1.82, 2.24) is 5.32 Å². The molecular weight excluding hydrogens is 213 g/mol. The number of hydrogen-bond donors (Lipinski definition) is 1. The Morgan fingerprint density at radius 1 is 1.40 bits per heavy atom. The zero-order valence-corrected chi connectivity index (χ0v) is 9.52. The predicted octanol–water partition coefficient (Wildman–Crippen LogP) is 3.19. The second-order valence-corrected chi connectivity index (χ2v) is 4.80. The third-order valence-corrected chi connectivity index (χ3v) is 3.21. The molecule has 1 saturated heterocycles. The summed E-state index contributed by atoms with van der Waals surface area (Å²) < 4.78 is 13.6. The minimum Gasteiger partial charge on any atom is -0.316 e. The Labute approximate surface area is 94.6 Å². The second-order valence-electron chi connectivity index (χ2n) is 4.36. The first-order valence-corrected chi connectivity index (χ1v) is 5.70. The summed E-state index contributed by atoms with van der Waals surface area (Å²) in [6, 6.07) is 4.97. The van der Waals surface area contributed by atoms with Crippen LogP contribution in [0.2, 0.25) is 5.02 Å². The summed E-state index contributed by atoms with van der Waals surface area (Å²) in [4.78, 5) is 0. The van der Waals surface area contributed by atoms with E-state index in [4.69, 9.17) is 11.6 Å². The highest BCUT2D eigenvalue weighted by atomic mass is 35.5. The fraction of sp³-hybridized carbons (Fsp3) is 0.500. The Balaban J connectivity index is 2.21. The summed E-state index contributed by atoms with van der Waals surface area (Å²) in [5, 5.41) is 3.79. The van der Waals surface area contributed by atoms with Crippen molar-refractivity contribution in [2.24, 2.45) is 5.92 Å². The van der Waals surface area contributed by atoms with Crippen molar-refractivity contribution < 1.29 is 4.39 Å². The average Bonchev–Trinajstić information content (AvgIpc) is 2.17. The Kier molecular flexibility index (Phi) is 3.27. The number of hydrogen-bond acceptors (Lipinski definition) is 1. The SMILES string of the molecule is C[C@H]1CNC[C@@H](c2ccc(Cl)cc2F)C1. The Bertz CT molecular complexity index is 353. The molecule has 0 bridgehead atoms. The summed E-state index contributed by atoms with van der Waals surface area (Å²) in [7, 11) is 0. The molecule has 3 heteroatoms. The normalized spacial score (nSPS) is 26.6. The lowest BCUT2D eigenvalue weighted by Gasteiger charge is -2.28. The first-order chi connectivity index (χ1) is 7.16. The molecule has 0 aromatic heterocycles. The van der Waals surface area contributed by atoms with E-state index in [0.717, 1.165) is 25.1 Å². The van der Waals surface area contributed by atoms with Gasteiger partial charge in [-0.05, 0) is 42.5 Å². The molecule has 1 aliphatic rings. The smallest absolute Gasteiger partial charge is 0.128 e. The summed E-state index contributed by atoms with van der Waals surface area (Å²) in [6.07, 6.45) is 1.05. The number of piperidine rings is 1. The molecule has 2 atom stereocenters. The van der Waals surface area contributed by atoms with Crippen LogP contribution in [0.5, 0.6) is 0 Å². The van der Waals surface area contributed by atoms with Crippen LogP contribution in [-0.4, -0.2) is 13.1 Å². The van der Waals surface area contributed by atoms with E-state index in [1.165, 1.54) is 6.07 Å². The van der Waals surface area contributed by atoms with Crippen LogP contribution in [0.4, 0.5) is 4.39 Å². The van der Waals surface area contributed by atoms with Crippen LogP contribution < -0.4 is 5.32 Å². The van der Waals surface area contributed by atoms with E-state index in [2.05, 4.69) is 12.2 Å². The van der Waals surface area contributed by atoms with Crippen LogP contribution in [-0.2, 0) is 0 Å². The van der Waals surface area contributed by atoms with Crippen molar-refractivity contribution in [1.29, 1.82) is 0 Å². The summed E-state index contributed by atoms with van der Waals surface area (Å²) in [5.41, 5.74) is 0.790. The van der Waals surface area contributed by atoms with Gasteiger partial charge in [0.25, 0.3) is 0 Å². The lowest BCUT2D eigenvalue weighted by Crippen LogP contribution is -2.34. The van der Waals surface area contributed by atoms with E-state index < -0.39 is 0 Å². The van der Waals surface area contributed by atoms with Crippen LogP contribution >= 0.6 is 11.6 Å². The molecule has 0 aliphatic carbocycles. The molecule has 0 spiro atoms.